The standard InChI is InChI=1S/C24H24Cl2N2O3/c1-17-5-7-18(8-6-17)15-27-11-13-28(14-12-27)24(29)22-10-9-19(31-22)16-30-21-4-2-3-20(25)23(21)26/h2-10H,11-16H2,1H3. The maximum atomic E-state index is 12.8. The maximum absolute atomic E-state index is 12.8. The van der Waals surface area contributed by atoms with Crippen molar-refractivity contribution in [1.82, 2.24) is 9.80 Å². The summed E-state index contributed by atoms with van der Waals surface area (Å²) in [6.45, 7) is 6.18. The lowest BCUT2D eigenvalue weighted by Crippen LogP contribution is -2.48. The van der Waals surface area contributed by atoms with Crippen LogP contribution in [0.5, 0.6) is 5.75 Å². The van der Waals surface area contributed by atoms with Crippen molar-refractivity contribution < 1.29 is 13.9 Å². The average Bonchev–Trinajstić information content (AvgIpc) is 3.25. The highest BCUT2D eigenvalue weighted by Crippen LogP contribution is 2.32. The first kappa shape index (κ1) is 21.8. The fraction of sp³-hybridized carbons (Fsp3) is 0.292. The number of piperazine rings is 1. The SMILES string of the molecule is Cc1ccc(CN2CCN(C(=O)c3ccc(COc4cccc(Cl)c4Cl)o3)CC2)cc1. The molecule has 0 spiro atoms. The summed E-state index contributed by atoms with van der Waals surface area (Å²) < 4.78 is 11.4. The van der Waals surface area contributed by atoms with Gasteiger partial charge < -0.3 is 14.1 Å². The summed E-state index contributed by atoms with van der Waals surface area (Å²) in [5, 5.41) is 0.784. The molecule has 31 heavy (non-hydrogen) atoms. The summed E-state index contributed by atoms with van der Waals surface area (Å²) in [5.74, 6) is 1.25. The highest BCUT2D eigenvalue weighted by Gasteiger charge is 2.24. The Morgan fingerprint density at radius 3 is 2.48 bits per heavy atom. The molecule has 1 aliphatic heterocycles. The third kappa shape index (κ3) is 5.42. The van der Waals surface area contributed by atoms with Crippen LogP contribution in [0, 0.1) is 6.92 Å². The second-order valence-electron chi connectivity index (χ2n) is 7.66. The van der Waals surface area contributed by atoms with Gasteiger partial charge in [0.2, 0.25) is 0 Å². The van der Waals surface area contributed by atoms with Gasteiger partial charge in [0.15, 0.2) is 5.76 Å². The Labute approximate surface area is 192 Å². The smallest absolute Gasteiger partial charge is 0.289 e. The Bertz CT molecular complexity index is 1040. The van der Waals surface area contributed by atoms with Crippen LogP contribution >= 0.6 is 23.2 Å². The predicted octanol–water partition coefficient (Wildman–Crippen LogP) is 5.43. The fourth-order valence-electron chi connectivity index (χ4n) is 3.53. The third-order valence-electron chi connectivity index (χ3n) is 5.34. The Kier molecular flexibility index (Phi) is 6.86. The molecule has 0 N–H and O–H groups in total. The number of benzene rings is 2. The van der Waals surface area contributed by atoms with Crippen LogP contribution in [0.25, 0.3) is 0 Å². The minimum atomic E-state index is -0.0953. The Hall–Kier alpha value is -2.47. The fourth-order valence-corrected chi connectivity index (χ4v) is 3.88. The zero-order chi connectivity index (χ0) is 21.8. The van der Waals surface area contributed by atoms with Crippen LogP contribution in [-0.2, 0) is 13.2 Å². The largest absolute Gasteiger partial charge is 0.484 e. The van der Waals surface area contributed by atoms with Crippen LogP contribution in [0.3, 0.4) is 0 Å². The van der Waals surface area contributed by atoms with Gasteiger partial charge in [0.05, 0.1) is 5.02 Å². The first-order chi connectivity index (χ1) is 15.0. The molecule has 1 aliphatic rings. The molecule has 0 aliphatic carbocycles. The van der Waals surface area contributed by atoms with Crippen molar-refractivity contribution in [3.05, 3.63) is 87.3 Å². The van der Waals surface area contributed by atoms with Crippen molar-refractivity contribution in [2.24, 2.45) is 0 Å². The Morgan fingerprint density at radius 2 is 1.74 bits per heavy atom. The van der Waals surface area contributed by atoms with Crippen molar-refractivity contribution in [3.63, 3.8) is 0 Å². The second-order valence-corrected chi connectivity index (χ2v) is 8.45. The first-order valence-electron chi connectivity index (χ1n) is 10.2. The van der Waals surface area contributed by atoms with Crippen LogP contribution in [0.1, 0.15) is 27.4 Å². The molecule has 2 aromatic carbocycles. The van der Waals surface area contributed by atoms with E-state index in [4.69, 9.17) is 32.4 Å². The van der Waals surface area contributed by atoms with Crippen LogP contribution in [0.15, 0.2) is 59.0 Å². The van der Waals surface area contributed by atoms with E-state index in [1.54, 1.807) is 30.3 Å². The summed E-state index contributed by atoms with van der Waals surface area (Å²) in [5.41, 5.74) is 2.55. The quantitative estimate of drug-likeness (QED) is 0.493. The topological polar surface area (TPSA) is 45.9 Å². The summed E-state index contributed by atoms with van der Waals surface area (Å²) >= 11 is 12.1. The van der Waals surface area contributed by atoms with Gasteiger partial charge in [-0.05, 0) is 36.8 Å². The highest BCUT2D eigenvalue weighted by atomic mass is 35.5. The molecule has 1 fully saturated rings. The van der Waals surface area contributed by atoms with Crippen molar-refractivity contribution in [2.75, 3.05) is 26.2 Å². The molecular weight excluding hydrogens is 435 g/mol. The summed E-state index contributed by atoms with van der Waals surface area (Å²) in [6.07, 6.45) is 0. The number of hydrogen-bond acceptors (Lipinski definition) is 4. The molecule has 3 aromatic rings. The van der Waals surface area contributed by atoms with E-state index in [0.29, 0.717) is 40.4 Å². The molecule has 1 saturated heterocycles. The molecule has 0 saturated carbocycles. The molecule has 4 rings (SSSR count). The number of halogens is 2. The van der Waals surface area contributed by atoms with Crippen LogP contribution in [0.2, 0.25) is 10.0 Å². The summed E-state index contributed by atoms with van der Waals surface area (Å²) in [7, 11) is 0. The highest BCUT2D eigenvalue weighted by molar-refractivity contribution is 6.42. The van der Waals surface area contributed by atoms with Crippen LogP contribution in [-0.4, -0.2) is 41.9 Å². The van der Waals surface area contributed by atoms with Gasteiger partial charge in [-0.2, -0.15) is 0 Å². The summed E-state index contributed by atoms with van der Waals surface area (Å²) in [4.78, 5) is 17.0. The lowest BCUT2D eigenvalue weighted by atomic mass is 10.1. The molecular formula is C24H24Cl2N2O3. The zero-order valence-corrected chi connectivity index (χ0v) is 18.8. The minimum Gasteiger partial charge on any atom is -0.484 e. The van der Waals surface area contributed by atoms with Gasteiger partial charge in [-0.15, -0.1) is 0 Å². The summed E-state index contributed by atoms with van der Waals surface area (Å²) in [6, 6.07) is 17.2. The molecule has 0 unspecified atom stereocenters. The number of carbonyl (C=O) groups is 1. The van der Waals surface area contributed by atoms with Crippen LogP contribution in [0.4, 0.5) is 0 Å². The van der Waals surface area contributed by atoms with E-state index >= 15 is 0 Å². The zero-order valence-electron chi connectivity index (χ0n) is 17.3. The van der Waals surface area contributed by atoms with Gasteiger partial charge in [-0.3, -0.25) is 9.69 Å². The van der Waals surface area contributed by atoms with E-state index in [-0.39, 0.29) is 12.5 Å². The molecule has 162 valence electrons. The number of rotatable bonds is 6. The number of hydrogen-bond donors (Lipinski definition) is 0. The normalized spacial score (nSPS) is 14.6. The maximum Gasteiger partial charge on any atom is 0.289 e. The molecule has 5 nitrogen and oxygen atoms in total. The molecule has 1 aromatic heterocycles. The van der Waals surface area contributed by atoms with Gasteiger partial charge >= 0.3 is 0 Å². The average molecular weight is 459 g/mol. The number of amides is 1. The predicted molar refractivity (Wildman–Crippen MR) is 122 cm³/mol. The van der Waals surface area contributed by atoms with Crippen molar-refractivity contribution in [2.45, 2.75) is 20.1 Å². The molecule has 0 bridgehead atoms. The van der Waals surface area contributed by atoms with Gasteiger partial charge in [0.1, 0.15) is 23.1 Å². The van der Waals surface area contributed by atoms with Gasteiger partial charge in [-0.1, -0.05) is 59.1 Å². The number of carbonyl (C=O) groups excluding carboxylic acids is 1. The van der Waals surface area contributed by atoms with Gasteiger partial charge in [0.25, 0.3) is 5.91 Å². The molecule has 7 heteroatoms. The number of aryl methyl sites for hydroxylation is 1. The van der Waals surface area contributed by atoms with Gasteiger partial charge in [-0.25, -0.2) is 0 Å². The molecule has 2 heterocycles. The molecule has 0 radical (unpaired) electrons. The Balaban J connectivity index is 1.29. The van der Waals surface area contributed by atoms with E-state index < -0.39 is 0 Å². The van der Waals surface area contributed by atoms with Crippen molar-refractivity contribution in [1.29, 1.82) is 0 Å². The minimum absolute atomic E-state index is 0.0953. The number of ether oxygens (including phenoxy) is 1. The van der Waals surface area contributed by atoms with Crippen LogP contribution < -0.4 is 4.74 Å². The first-order valence-corrected chi connectivity index (χ1v) is 11.0. The molecule has 0 atom stereocenters. The second kappa shape index (κ2) is 9.77. The number of nitrogens with zero attached hydrogens (tertiary/aromatic N) is 2. The number of furan rings is 1. The lowest BCUT2D eigenvalue weighted by Gasteiger charge is -2.34. The van der Waals surface area contributed by atoms with E-state index in [1.807, 2.05) is 4.90 Å². The third-order valence-corrected chi connectivity index (χ3v) is 6.15. The van der Waals surface area contributed by atoms with E-state index in [2.05, 4.69) is 36.1 Å². The lowest BCUT2D eigenvalue weighted by molar-refractivity contribution is 0.0594. The van der Waals surface area contributed by atoms with E-state index in [9.17, 15) is 4.79 Å². The monoisotopic (exact) mass is 458 g/mol. The van der Waals surface area contributed by atoms with Gasteiger partial charge in [0, 0.05) is 32.7 Å². The van der Waals surface area contributed by atoms with Crippen molar-refractivity contribution in [3.8, 4) is 5.75 Å². The Morgan fingerprint density at radius 1 is 1.00 bits per heavy atom. The molecule has 1 amide bonds. The van der Waals surface area contributed by atoms with E-state index in [0.717, 1.165) is 19.6 Å². The van der Waals surface area contributed by atoms with E-state index in [1.165, 1.54) is 11.1 Å². The van der Waals surface area contributed by atoms with Crippen molar-refractivity contribution >= 4 is 29.1 Å².